The van der Waals surface area contributed by atoms with Crippen molar-refractivity contribution in [2.24, 2.45) is 0 Å². The Morgan fingerprint density at radius 2 is 1.70 bits per heavy atom. The molecule has 0 bridgehead atoms. The second-order valence-corrected chi connectivity index (χ2v) is 6.75. The van der Waals surface area contributed by atoms with Crippen molar-refractivity contribution in [3.8, 4) is 5.75 Å². The van der Waals surface area contributed by atoms with Gasteiger partial charge in [-0.25, -0.2) is 4.98 Å². The van der Waals surface area contributed by atoms with Gasteiger partial charge >= 0.3 is 0 Å². The summed E-state index contributed by atoms with van der Waals surface area (Å²) >= 11 is 0. The van der Waals surface area contributed by atoms with Gasteiger partial charge in [0.15, 0.2) is 0 Å². The van der Waals surface area contributed by atoms with Crippen LogP contribution in [0.4, 0.5) is 17.5 Å². The minimum Gasteiger partial charge on any atom is -0.497 e. The van der Waals surface area contributed by atoms with Crippen LogP contribution in [-0.4, -0.2) is 23.6 Å². The zero-order valence-corrected chi connectivity index (χ0v) is 16.3. The zero-order valence-electron chi connectivity index (χ0n) is 16.3. The lowest BCUT2D eigenvalue weighted by Crippen LogP contribution is -2.09. The largest absolute Gasteiger partial charge is 0.497 e. The number of nitrogens with zero attached hydrogens (tertiary/aromatic N) is 2. The smallest absolute Gasteiger partial charge is 0.224 e. The summed E-state index contributed by atoms with van der Waals surface area (Å²) in [6.07, 6.45) is 0.869. The van der Waals surface area contributed by atoms with Crippen molar-refractivity contribution >= 4 is 17.5 Å². The molecule has 5 heteroatoms. The van der Waals surface area contributed by atoms with Crippen LogP contribution in [0, 0.1) is 20.8 Å². The molecule has 140 valence electrons. The minimum atomic E-state index is 0.629. The van der Waals surface area contributed by atoms with Crippen molar-refractivity contribution in [1.82, 2.24) is 9.97 Å². The fourth-order valence-corrected chi connectivity index (χ4v) is 3.05. The van der Waals surface area contributed by atoms with Gasteiger partial charge in [-0.3, -0.25) is 0 Å². The van der Waals surface area contributed by atoms with E-state index < -0.39 is 0 Å². The lowest BCUT2D eigenvalue weighted by Gasteiger charge is -2.11. The third-order valence-corrected chi connectivity index (χ3v) is 4.18. The van der Waals surface area contributed by atoms with Crippen molar-refractivity contribution in [3.63, 3.8) is 0 Å². The molecule has 0 spiro atoms. The van der Waals surface area contributed by atoms with Crippen LogP contribution >= 0.6 is 0 Å². The molecule has 0 aliphatic rings. The molecular weight excluding hydrogens is 336 g/mol. The fraction of sp³-hybridized carbons (Fsp3) is 0.273. The van der Waals surface area contributed by atoms with Crippen LogP contribution in [0.15, 0.2) is 48.5 Å². The molecule has 0 amide bonds. The summed E-state index contributed by atoms with van der Waals surface area (Å²) in [5, 5.41) is 6.70. The van der Waals surface area contributed by atoms with E-state index in [-0.39, 0.29) is 0 Å². The van der Waals surface area contributed by atoms with E-state index >= 15 is 0 Å². The van der Waals surface area contributed by atoms with Crippen LogP contribution in [0.5, 0.6) is 5.75 Å². The van der Waals surface area contributed by atoms with Gasteiger partial charge in [-0.15, -0.1) is 0 Å². The van der Waals surface area contributed by atoms with Crippen LogP contribution in [0.2, 0.25) is 0 Å². The van der Waals surface area contributed by atoms with E-state index in [1.165, 1.54) is 16.7 Å². The number of hydrogen-bond acceptors (Lipinski definition) is 5. The van der Waals surface area contributed by atoms with Crippen LogP contribution in [0.3, 0.4) is 0 Å². The van der Waals surface area contributed by atoms with Gasteiger partial charge in [-0.1, -0.05) is 18.2 Å². The van der Waals surface area contributed by atoms with Crippen molar-refractivity contribution in [3.05, 3.63) is 70.9 Å². The molecule has 3 rings (SSSR count). The molecule has 3 aromatic rings. The summed E-state index contributed by atoms with van der Waals surface area (Å²) in [6.45, 7) is 6.91. The summed E-state index contributed by atoms with van der Waals surface area (Å²) in [6, 6.07) is 16.4. The van der Waals surface area contributed by atoms with Gasteiger partial charge < -0.3 is 15.4 Å². The Balaban J connectivity index is 1.66. The molecule has 0 saturated heterocycles. The van der Waals surface area contributed by atoms with Crippen LogP contribution in [-0.2, 0) is 6.42 Å². The molecule has 1 aromatic heterocycles. The quantitative estimate of drug-likeness (QED) is 0.632. The Morgan fingerprint density at radius 3 is 2.44 bits per heavy atom. The molecular formula is C22H26N4O. The molecule has 0 aliphatic carbocycles. The zero-order chi connectivity index (χ0) is 19.2. The minimum absolute atomic E-state index is 0.629. The predicted molar refractivity (Wildman–Crippen MR) is 111 cm³/mol. The molecule has 2 N–H and O–H groups in total. The summed E-state index contributed by atoms with van der Waals surface area (Å²) in [4.78, 5) is 9.08. The van der Waals surface area contributed by atoms with Gasteiger partial charge in [0.25, 0.3) is 0 Å². The van der Waals surface area contributed by atoms with E-state index in [2.05, 4.69) is 58.7 Å². The van der Waals surface area contributed by atoms with Gasteiger partial charge in [-0.2, -0.15) is 4.98 Å². The maximum absolute atomic E-state index is 5.27. The molecule has 1 heterocycles. The van der Waals surface area contributed by atoms with Crippen molar-refractivity contribution in [1.29, 1.82) is 0 Å². The molecule has 27 heavy (non-hydrogen) atoms. The highest BCUT2D eigenvalue weighted by atomic mass is 16.5. The third kappa shape index (κ3) is 5.45. The van der Waals surface area contributed by atoms with E-state index in [0.717, 1.165) is 35.9 Å². The molecule has 0 radical (unpaired) electrons. The van der Waals surface area contributed by atoms with Crippen molar-refractivity contribution < 1.29 is 4.74 Å². The Labute approximate surface area is 160 Å². The standard InChI is InChI=1S/C22H26N4O/c1-15-10-16(2)12-19(11-15)25-21-13-17(3)24-22(26-21)23-9-8-18-6-5-7-20(14-18)27-4/h5-7,10-14H,8-9H2,1-4H3,(H2,23,24,25,26). The molecule has 0 aliphatic heterocycles. The Hall–Kier alpha value is -3.08. The van der Waals surface area contributed by atoms with Gasteiger partial charge in [0.05, 0.1) is 7.11 Å². The topological polar surface area (TPSA) is 59.1 Å². The number of hydrogen-bond donors (Lipinski definition) is 2. The number of rotatable bonds is 7. The maximum Gasteiger partial charge on any atom is 0.224 e. The number of methoxy groups -OCH3 is 1. The second-order valence-electron chi connectivity index (χ2n) is 6.75. The van der Waals surface area contributed by atoms with Crippen LogP contribution in [0.25, 0.3) is 0 Å². The molecule has 2 aromatic carbocycles. The Bertz CT molecular complexity index is 904. The van der Waals surface area contributed by atoms with Crippen LogP contribution in [0.1, 0.15) is 22.4 Å². The number of nitrogens with one attached hydrogen (secondary N) is 2. The van der Waals surface area contributed by atoms with E-state index in [0.29, 0.717) is 5.95 Å². The Kier molecular flexibility index (Phi) is 5.91. The normalized spacial score (nSPS) is 10.5. The van der Waals surface area contributed by atoms with Gasteiger partial charge in [0, 0.05) is 24.0 Å². The molecule has 0 saturated carbocycles. The first-order chi connectivity index (χ1) is 13.0. The maximum atomic E-state index is 5.27. The summed E-state index contributed by atoms with van der Waals surface area (Å²) in [5.41, 5.74) is 5.61. The highest BCUT2D eigenvalue weighted by Crippen LogP contribution is 2.20. The SMILES string of the molecule is COc1cccc(CCNc2nc(C)cc(Nc3cc(C)cc(C)c3)n2)c1. The number of aryl methyl sites for hydroxylation is 3. The highest BCUT2D eigenvalue weighted by Gasteiger charge is 2.04. The molecule has 0 atom stereocenters. The lowest BCUT2D eigenvalue weighted by molar-refractivity contribution is 0.414. The van der Waals surface area contributed by atoms with E-state index in [1.54, 1.807) is 7.11 Å². The third-order valence-electron chi connectivity index (χ3n) is 4.18. The van der Waals surface area contributed by atoms with Gasteiger partial charge in [0.2, 0.25) is 5.95 Å². The second kappa shape index (κ2) is 8.54. The summed E-state index contributed by atoms with van der Waals surface area (Å²) < 4.78 is 5.27. The summed E-state index contributed by atoms with van der Waals surface area (Å²) in [7, 11) is 1.68. The Morgan fingerprint density at radius 1 is 0.926 bits per heavy atom. The number of ether oxygens (including phenoxy) is 1. The van der Waals surface area contributed by atoms with Crippen molar-refractivity contribution in [2.75, 3.05) is 24.3 Å². The first-order valence-corrected chi connectivity index (χ1v) is 9.09. The van der Waals surface area contributed by atoms with Crippen molar-refractivity contribution in [2.45, 2.75) is 27.2 Å². The lowest BCUT2D eigenvalue weighted by atomic mass is 10.1. The number of aromatic nitrogens is 2. The van der Waals surface area contributed by atoms with E-state index in [4.69, 9.17) is 4.74 Å². The first-order valence-electron chi connectivity index (χ1n) is 9.09. The molecule has 5 nitrogen and oxygen atoms in total. The van der Waals surface area contributed by atoms with E-state index in [9.17, 15) is 0 Å². The number of anilines is 3. The molecule has 0 fully saturated rings. The van der Waals surface area contributed by atoms with Gasteiger partial charge in [-0.05, 0) is 68.1 Å². The fourth-order valence-electron chi connectivity index (χ4n) is 3.05. The van der Waals surface area contributed by atoms with Gasteiger partial charge in [0.1, 0.15) is 11.6 Å². The number of benzene rings is 2. The van der Waals surface area contributed by atoms with E-state index in [1.807, 2.05) is 31.2 Å². The molecule has 0 unspecified atom stereocenters. The predicted octanol–water partition coefficient (Wildman–Crippen LogP) is 4.81. The average molecular weight is 362 g/mol. The first kappa shape index (κ1) is 18.7. The van der Waals surface area contributed by atoms with Crippen LogP contribution < -0.4 is 15.4 Å². The summed E-state index contributed by atoms with van der Waals surface area (Å²) in [5.74, 6) is 2.29. The monoisotopic (exact) mass is 362 g/mol. The highest BCUT2D eigenvalue weighted by molar-refractivity contribution is 5.59. The average Bonchev–Trinajstić information content (AvgIpc) is 2.60.